The normalized spacial score (nSPS) is 15.2. The Labute approximate surface area is 125 Å². The lowest BCUT2D eigenvalue weighted by Crippen LogP contribution is -2.38. The molecule has 22 heavy (non-hydrogen) atoms. The summed E-state index contributed by atoms with van der Waals surface area (Å²) in [6.07, 6.45) is 1.97. The molecule has 0 aliphatic carbocycles. The van der Waals surface area contributed by atoms with E-state index in [0.29, 0.717) is 12.1 Å². The average Bonchev–Trinajstić information content (AvgIpc) is 2.35. The van der Waals surface area contributed by atoms with E-state index in [9.17, 15) is 23.8 Å². The predicted molar refractivity (Wildman–Crippen MR) is 73.3 cm³/mol. The molecule has 0 aromatic heterocycles. The molecule has 0 bridgehead atoms. The van der Waals surface area contributed by atoms with Crippen LogP contribution >= 0.6 is 22.2 Å². The quantitative estimate of drug-likeness (QED) is 0.325. The Kier molecular flexibility index (Phi) is 4.09. The van der Waals surface area contributed by atoms with Gasteiger partial charge in [-0.25, -0.2) is 4.39 Å². The van der Waals surface area contributed by atoms with Gasteiger partial charge in [-0.1, -0.05) is 31.2 Å². The van der Waals surface area contributed by atoms with E-state index in [2.05, 4.69) is 4.99 Å². The van der Waals surface area contributed by atoms with Crippen molar-refractivity contribution in [2.45, 2.75) is 0 Å². The summed E-state index contributed by atoms with van der Waals surface area (Å²) in [6.45, 7) is 0. The van der Waals surface area contributed by atoms with Gasteiger partial charge in [0.1, 0.15) is 11.9 Å². The van der Waals surface area contributed by atoms with Crippen molar-refractivity contribution in [1.82, 2.24) is 0 Å². The Morgan fingerprint density at radius 1 is 1.23 bits per heavy atom. The third kappa shape index (κ3) is 3.99. The van der Waals surface area contributed by atoms with Crippen LogP contribution in [0.3, 0.4) is 0 Å². The smallest absolute Gasteiger partial charge is 0.205 e. The Bertz CT molecular complexity index is 716. The number of amidine groups is 1. The molecule has 0 N–H and O–H groups in total. The van der Waals surface area contributed by atoms with Crippen LogP contribution in [0.1, 0.15) is 5.56 Å². The number of hydrogen-bond donors (Lipinski definition) is 0. The molecule has 1 aromatic rings. The Morgan fingerprint density at radius 3 is 2.18 bits per heavy atom. The first-order valence-electron chi connectivity index (χ1n) is 5.09. The van der Waals surface area contributed by atoms with Gasteiger partial charge in [0.05, 0.1) is 11.3 Å². The molecule has 0 aliphatic rings. The second-order valence-electron chi connectivity index (χ2n) is 3.70. The zero-order valence-electron chi connectivity index (χ0n) is 10.6. The molecule has 0 unspecified atom stereocenters. The van der Waals surface area contributed by atoms with Crippen molar-refractivity contribution >= 4 is 33.0 Å². The maximum atomic E-state index is 13.4. The van der Waals surface area contributed by atoms with Crippen LogP contribution < -0.4 is 4.31 Å². The molecule has 1 aromatic carbocycles. The van der Waals surface area contributed by atoms with Crippen molar-refractivity contribution in [3.63, 3.8) is 0 Å². The summed E-state index contributed by atoms with van der Waals surface area (Å²) in [6, 6.07) is 2.58. The third-order valence-electron chi connectivity index (χ3n) is 2.15. The largest absolute Gasteiger partial charge is 0.370 e. The fourth-order valence-corrected chi connectivity index (χ4v) is 3.29. The minimum atomic E-state index is -10.3. The minimum absolute atomic E-state index is 0.125. The highest BCUT2D eigenvalue weighted by molar-refractivity contribution is 8.48. The van der Waals surface area contributed by atoms with Gasteiger partial charge in [0.15, 0.2) is 5.17 Å². The molecule has 0 radical (unpaired) electrons. The van der Waals surface area contributed by atoms with Gasteiger partial charge in [-0.2, -0.15) is 14.8 Å². The van der Waals surface area contributed by atoms with Gasteiger partial charge in [-0.3, -0.25) is 0 Å². The fourth-order valence-electron chi connectivity index (χ4n) is 1.39. The van der Waals surface area contributed by atoms with Crippen molar-refractivity contribution in [1.29, 1.82) is 10.5 Å². The number of benzene rings is 1. The van der Waals surface area contributed by atoms with Crippen LogP contribution in [-0.4, -0.2) is 11.4 Å². The van der Waals surface area contributed by atoms with E-state index in [4.69, 9.17) is 10.5 Å². The summed E-state index contributed by atoms with van der Waals surface area (Å²) in [4.78, 5) is 2.70. The second kappa shape index (κ2) is 5.00. The zero-order chi connectivity index (χ0) is 17.2. The highest BCUT2D eigenvalue weighted by atomic mass is 32.5. The van der Waals surface area contributed by atoms with E-state index in [1.54, 1.807) is 0 Å². The Balaban J connectivity index is 3.69. The van der Waals surface area contributed by atoms with E-state index in [0.717, 1.165) is 12.4 Å². The number of anilines is 1. The first-order chi connectivity index (χ1) is 9.83. The zero-order valence-corrected chi connectivity index (χ0v) is 12.2. The van der Waals surface area contributed by atoms with Crippen molar-refractivity contribution in [3.05, 3.63) is 29.6 Å². The standard InChI is InChI=1S/C10H6F6N4S2/c1-21-10(19-6-18)20(22(12,13,14,15)16)8-3-2-7(5-17)9(11)4-8/h2-4H,1H3. The lowest BCUT2D eigenvalue weighted by atomic mass is 10.2. The SMILES string of the molecule is CSC(=NC#N)N(c1ccc(C#N)c(F)c1)S(F)(F)(F)(F)F. The first-order valence-corrected chi connectivity index (χ1v) is 8.22. The maximum absolute atomic E-state index is 13.4. The number of thioether (sulfide) groups is 1. The summed E-state index contributed by atoms with van der Waals surface area (Å²) < 4.78 is 77.9. The van der Waals surface area contributed by atoms with Crippen molar-refractivity contribution in [2.75, 3.05) is 10.6 Å². The lowest BCUT2D eigenvalue weighted by Gasteiger charge is -2.49. The van der Waals surface area contributed by atoms with Gasteiger partial charge in [0.2, 0.25) is 6.19 Å². The molecular formula is C10H6F6N4S2. The summed E-state index contributed by atoms with van der Waals surface area (Å²) in [5, 5.41) is 15.5. The summed E-state index contributed by atoms with van der Waals surface area (Å²) >= 11 is 0.133. The van der Waals surface area contributed by atoms with E-state index in [-0.39, 0.29) is 17.8 Å². The van der Waals surface area contributed by atoms with Crippen molar-refractivity contribution in [2.24, 2.45) is 4.99 Å². The molecule has 0 heterocycles. The minimum Gasteiger partial charge on any atom is -0.205 e. The van der Waals surface area contributed by atoms with E-state index in [1.165, 1.54) is 6.07 Å². The highest BCUT2D eigenvalue weighted by Crippen LogP contribution is 2.99. The van der Waals surface area contributed by atoms with E-state index in [1.807, 2.05) is 0 Å². The summed E-state index contributed by atoms with van der Waals surface area (Å²) in [5.41, 5.74) is -1.91. The third-order valence-corrected chi connectivity index (χ3v) is 3.98. The van der Waals surface area contributed by atoms with Crippen LogP contribution in [0.25, 0.3) is 0 Å². The van der Waals surface area contributed by atoms with Gasteiger partial charge in [-0.15, -0.1) is 4.99 Å². The monoisotopic (exact) mass is 360 g/mol. The number of nitriles is 2. The van der Waals surface area contributed by atoms with Gasteiger partial charge < -0.3 is 0 Å². The molecular weight excluding hydrogens is 354 g/mol. The maximum Gasteiger partial charge on any atom is 0.370 e. The number of nitrogens with zero attached hydrogens (tertiary/aromatic N) is 4. The predicted octanol–water partition coefficient (Wildman–Crippen LogP) is 4.92. The molecule has 0 spiro atoms. The van der Waals surface area contributed by atoms with Crippen LogP contribution in [0.2, 0.25) is 0 Å². The molecule has 0 amide bonds. The van der Waals surface area contributed by atoms with Crippen LogP contribution in [0.5, 0.6) is 0 Å². The lowest BCUT2D eigenvalue weighted by molar-refractivity contribution is 0.366. The first kappa shape index (κ1) is 18.0. The van der Waals surface area contributed by atoms with Gasteiger partial charge in [-0.05, 0) is 18.4 Å². The van der Waals surface area contributed by atoms with Crippen LogP contribution in [0.15, 0.2) is 23.2 Å². The molecule has 12 heteroatoms. The Morgan fingerprint density at radius 2 is 1.82 bits per heavy atom. The molecule has 0 aliphatic heterocycles. The molecule has 120 valence electrons. The van der Waals surface area contributed by atoms with Crippen molar-refractivity contribution < 1.29 is 23.8 Å². The molecule has 0 saturated heterocycles. The molecule has 4 nitrogen and oxygen atoms in total. The van der Waals surface area contributed by atoms with Crippen LogP contribution in [0.4, 0.5) is 29.5 Å². The second-order valence-corrected chi connectivity index (χ2v) is 6.69. The Hall–Kier alpha value is -2.05. The highest BCUT2D eigenvalue weighted by Gasteiger charge is 2.71. The topological polar surface area (TPSA) is 63.2 Å². The summed E-state index contributed by atoms with van der Waals surface area (Å²) in [5.74, 6) is -1.41. The summed E-state index contributed by atoms with van der Waals surface area (Å²) in [7, 11) is -10.3. The van der Waals surface area contributed by atoms with Gasteiger partial charge >= 0.3 is 10.4 Å². The number of halogens is 6. The number of aliphatic imine (C=N–C) groups is 1. The van der Waals surface area contributed by atoms with Gasteiger partial charge in [0, 0.05) is 6.07 Å². The number of hydrogen-bond acceptors (Lipinski definition) is 4. The molecule has 0 atom stereocenters. The molecule has 0 saturated carbocycles. The fraction of sp³-hybridized carbons (Fsp3) is 0.100. The average molecular weight is 360 g/mol. The molecule has 1 rings (SSSR count). The van der Waals surface area contributed by atoms with Crippen LogP contribution in [-0.2, 0) is 0 Å². The van der Waals surface area contributed by atoms with E-state index >= 15 is 0 Å². The van der Waals surface area contributed by atoms with Gasteiger partial charge in [0.25, 0.3) is 0 Å². The van der Waals surface area contributed by atoms with Crippen molar-refractivity contribution in [3.8, 4) is 12.3 Å². The van der Waals surface area contributed by atoms with E-state index < -0.39 is 37.0 Å². The number of rotatable bonds is 2. The van der Waals surface area contributed by atoms with Crippen LogP contribution in [0, 0.1) is 28.6 Å². The molecule has 0 fully saturated rings.